The van der Waals surface area contributed by atoms with Gasteiger partial charge in [0.2, 0.25) is 5.91 Å². The molecule has 2 N–H and O–H groups in total. The molecule has 1 unspecified atom stereocenters. The summed E-state index contributed by atoms with van der Waals surface area (Å²) in [6, 6.07) is 10.5. The lowest BCUT2D eigenvalue weighted by molar-refractivity contribution is -0.134. The lowest BCUT2D eigenvalue weighted by atomic mass is 9.86. The average Bonchev–Trinajstić information content (AvgIpc) is 2.92. The normalized spacial score (nSPS) is 18.4. The summed E-state index contributed by atoms with van der Waals surface area (Å²) in [5.41, 5.74) is 2.99. The van der Waals surface area contributed by atoms with E-state index in [1.807, 2.05) is 52.0 Å². The van der Waals surface area contributed by atoms with Gasteiger partial charge in [0.1, 0.15) is 17.8 Å². The van der Waals surface area contributed by atoms with Gasteiger partial charge < -0.3 is 15.4 Å². The van der Waals surface area contributed by atoms with Crippen LogP contribution in [0, 0.1) is 20.8 Å². The fraction of sp³-hybridized carbons (Fsp3) is 0.348. The molecule has 0 aliphatic carbocycles. The standard InChI is InChI=1S/C23H27N3O4/c1-6-23(17-7-8-19(30-5)16(4)12-17)21(28)26(22(29)25-23)13-20(27)24-18-10-14(2)9-15(3)11-18/h7-12H,6,13H2,1-5H3,(H,24,27)(H,25,29). The molecule has 4 amide bonds. The quantitative estimate of drug-likeness (QED) is 0.716. The monoisotopic (exact) mass is 409 g/mol. The molecule has 158 valence electrons. The molecular formula is C23H27N3O4. The van der Waals surface area contributed by atoms with Crippen molar-refractivity contribution in [2.45, 2.75) is 39.7 Å². The lowest BCUT2D eigenvalue weighted by Crippen LogP contribution is -2.44. The van der Waals surface area contributed by atoms with E-state index in [2.05, 4.69) is 10.6 Å². The van der Waals surface area contributed by atoms with E-state index < -0.39 is 23.4 Å². The average molecular weight is 409 g/mol. The number of nitrogens with zero attached hydrogens (tertiary/aromatic N) is 1. The van der Waals surface area contributed by atoms with E-state index in [4.69, 9.17) is 4.74 Å². The molecule has 2 aromatic rings. The number of ether oxygens (including phenoxy) is 1. The van der Waals surface area contributed by atoms with Gasteiger partial charge in [-0.2, -0.15) is 0 Å². The van der Waals surface area contributed by atoms with Crippen LogP contribution in [-0.2, 0) is 15.1 Å². The Kier molecular flexibility index (Phi) is 5.82. The largest absolute Gasteiger partial charge is 0.496 e. The summed E-state index contributed by atoms with van der Waals surface area (Å²) in [7, 11) is 1.58. The third-order valence-corrected chi connectivity index (χ3v) is 5.40. The van der Waals surface area contributed by atoms with Crippen LogP contribution in [0.3, 0.4) is 0 Å². The number of carbonyl (C=O) groups is 3. The molecule has 0 saturated carbocycles. The zero-order valence-corrected chi connectivity index (χ0v) is 18.0. The van der Waals surface area contributed by atoms with Crippen molar-refractivity contribution in [3.8, 4) is 5.75 Å². The minimum Gasteiger partial charge on any atom is -0.496 e. The van der Waals surface area contributed by atoms with E-state index in [1.54, 1.807) is 19.2 Å². The second kappa shape index (κ2) is 8.18. The number of imide groups is 1. The molecule has 1 fully saturated rings. The van der Waals surface area contributed by atoms with Gasteiger partial charge in [0.05, 0.1) is 7.11 Å². The summed E-state index contributed by atoms with van der Waals surface area (Å²) < 4.78 is 5.29. The van der Waals surface area contributed by atoms with Crippen molar-refractivity contribution >= 4 is 23.5 Å². The van der Waals surface area contributed by atoms with Crippen molar-refractivity contribution < 1.29 is 19.1 Å². The molecule has 7 nitrogen and oxygen atoms in total. The highest BCUT2D eigenvalue weighted by Gasteiger charge is 2.51. The number of methoxy groups -OCH3 is 1. The maximum absolute atomic E-state index is 13.3. The second-order valence-corrected chi connectivity index (χ2v) is 7.69. The minimum absolute atomic E-state index is 0.353. The van der Waals surface area contributed by atoms with Crippen molar-refractivity contribution in [3.05, 3.63) is 58.7 Å². The minimum atomic E-state index is -1.20. The third kappa shape index (κ3) is 3.87. The molecule has 7 heteroatoms. The van der Waals surface area contributed by atoms with E-state index in [-0.39, 0.29) is 6.54 Å². The molecule has 0 bridgehead atoms. The van der Waals surface area contributed by atoms with E-state index in [9.17, 15) is 14.4 Å². The topological polar surface area (TPSA) is 87.7 Å². The molecule has 2 aromatic carbocycles. The summed E-state index contributed by atoms with van der Waals surface area (Å²) in [6.45, 7) is 7.23. The first-order valence-corrected chi connectivity index (χ1v) is 9.87. The maximum atomic E-state index is 13.3. The molecular weight excluding hydrogens is 382 g/mol. The first-order chi connectivity index (χ1) is 14.2. The number of benzene rings is 2. The first-order valence-electron chi connectivity index (χ1n) is 9.87. The van der Waals surface area contributed by atoms with E-state index in [1.165, 1.54) is 0 Å². The Morgan fingerprint density at radius 2 is 1.77 bits per heavy atom. The predicted molar refractivity (Wildman–Crippen MR) is 114 cm³/mol. The van der Waals surface area contributed by atoms with Crippen LogP contribution in [0.2, 0.25) is 0 Å². The molecule has 1 aliphatic heterocycles. The highest BCUT2D eigenvalue weighted by Crippen LogP contribution is 2.34. The second-order valence-electron chi connectivity index (χ2n) is 7.69. The molecule has 0 radical (unpaired) electrons. The van der Waals surface area contributed by atoms with Crippen molar-refractivity contribution in [1.82, 2.24) is 10.2 Å². The van der Waals surface area contributed by atoms with Crippen LogP contribution in [0.15, 0.2) is 36.4 Å². The van der Waals surface area contributed by atoms with E-state index in [0.717, 1.165) is 21.6 Å². The number of hydrogen-bond acceptors (Lipinski definition) is 4. The Hall–Kier alpha value is -3.35. The van der Waals surface area contributed by atoms with Crippen molar-refractivity contribution in [2.75, 3.05) is 19.0 Å². The molecule has 0 spiro atoms. The molecule has 1 aliphatic rings. The van der Waals surface area contributed by atoms with Gasteiger partial charge in [0, 0.05) is 5.69 Å². The number of urea groups is 1. The van der Waals surface area contributed by atoms with Crippen LogP contribution in [0.4, 0.5) is 10.5 Å². The Bertz CT molecular complexity index is 997. The smallest absolute Gasteiger partial charge is 0.325 e. The molecule has 30 heavy (non-hydrogen) atoms. The van der Waals surface area contributed by atoms with E-state index in [0.29, 0.717) is 23.4 Å². The number of anilines is 1. The summed E-state index contributed by atoms with van der Waals surface area (Å²) in [6.07, 6.45) is 0.360. The number of hydrogen-bond donors (Lipinski definition) is 2. The SMILES string of the molecule is CCC1(c2ccc(OC)c(C)c2)NC(=O)N(CC(=O)Nc2cc(C)cc(C)c2)C1=O. The molecule has 0 aromatic heterocycles. The molecule has 1 atom stereocenters. The Balaban J connectivity index is 1.82. The Morgan fingerprint density at radius 1 is 1.10 bits per heavy atom. The third-order valence-electron chi connectivity index (χ3n) is 5.40. The van der Waals surface area contributed by atoms with Crippen molar-refractivity contribution in [2.24, 2.45) is 0 Å². The van der Waals surface area contributed by atoms with Crippen LogP contribution in [0.1, 0.15) is 35.6 Å². The molecule has 3 rings (SSSR count). The summed E-state index contributed by atoms with van der Waals surface area (Å²) in [4.78, 5) is 39.4. The van der Waals surface area contributed by atoms with Gasteiger partial charge in [0.25, 0.3) is 5.91 Å². The molecule has 1 heterocycles. The van der Waals surface area contributed by atoms with Gasteiger partial charge in [-0.05, 0) is 73.7 Å². The van der Waals surface area contributed by atoms with Gasteiger partial charge >= 0.3 is 6.03 Å². The number of carbonyl (C=O) groups excluding carboxylic acids is 3. The van der Waals surface area contributed by atoms with Gasteiger partial charge in [-0.3, -0.25) is 14.5 Å². The van der Waals surface area contributed by atoms with Crippen LogP contribution in [-0.4, -0.2) is 36.4 Å². The predicted octanol–water partition coefficient (Wildman–Crippen LogP) is 3.42. The summed E-state index contributed by atoms with van der Waals surface area (Å²) in [5.74, 6) is -0.164. The van der Waals surface area contributed by atoms with Crippen LogP contribution in [0.5, 0.6) is 5.75 Å². The van der Waals surface area contributed by atoms with Gasteiger partial charge in [-0.25, -0.2) is 4.79 Å². The fourth-order valence-corrected chi connectivity index (χ4v) is 3.94. The fourth-order valence-electron chi connectivity index (χ4n) is 3.94. The van der Waals surface area contributed by atoms with Crippen LogP contribution < -0.4 is 15.4 Å². The lowest BCUT2D eigenvalue weighted by Gasteiger charge is -2.26. The van der Waals surface area contributed by atoms with Crippen LogP contribution in [0.25, 0.3) is 0 Å². The maximum Gasteiger partial charge on any atom is 0.325 e. The Labute approximate surface area is 176 Å². The van der Waals surface area contributed by atoms with Gasteiger partial charge in [0.15, 0.2) is 0 Å². The Morgan fingerprint density at radius 3 is 2.33 bits per heavy atom. The van der Waals surface area contributed by atoms with Crippen LogP contribution >= 0.6 is 0 Å². The van der Waals surface area contributed by atoms with Crippen molar-refractivity contribution in [3.63, 3.8) is 0 Å². The van der Waals surface area contributed by atoms with E-state index >= 15 is 0 Å². The summed E-state index contributed by atoms with van der Waals surface area (Å²) in [5, 5.41) is 5.57. The molecule has 1 saturated heterocycles. The number of rotatable bonds is 6. The zero-order valence-electron chi connectivity index (χ0n) is 18.0. The highest BCUT2D eigenvalue weighted by molar-refractivity contribution is 6.10. The number of amides is 4. The first kappa shape index (κ1) is 21.4. The summed E-state index contributed by atoms with van der Waals surface area (Å²) >= 11 is 0. The number of aryl methyl sites for hydroxylation is 3. The highest BCUT2D eigenvalue weighted by atomic mass is 16.5. The van der Waals surface area contributed by atoms with Crippen molar-refractivity contribution in [1.29, 1.82) is 0 Å². The van der Waals surface area contributed by atoms with Gasteiger partial charge in [-0.1, -0.05) is 19.1 Å². The number of nitrogens with one attached hydrogen (secondary N) is 2. The zero-order chi connectivity index (χ0) is 22.1. The van der Waals surface area contributed by atoms with Gasteiger partial charge in [-0.15, -0.1) is 0 Å².